The third-order valence-electron chi connectivity index (χ3n) is 8.03. The monoisotopic (exact) mass is 586 g/mol. The Labute approximate surface area is 246 Å². The molecule has 0 aliphatic heterocycles. The van der Waals surface area contributed by atoms with Gasteiger partial charge in [0.2, 0.25) is 0 Å². The number of allylic oxidation sites excluding steroid dienone is 2. The van der Waals surface area contributed by atoms with Gasteiger partial charge in [0.25, 0.3) is 0 Å². The predicted molar refractivity (Wildman–Crippen MR) is 153 cm³/mol. The molecule has 2 aliphatic carbocycles. The van der Waals surface area contributed by atoms with Crippen LogP contribution >= 0.6 is 0 Å². The third kappa shape index (κ3) is 4.96. The number of aryl methyl sites for hydroxylation is 2. The number of fused-ring (bicyclic) bond motifs is 2. The molecule has 0 fully saturated rings. The first-order valence-electron chi connectivity index (χ1n) is 12.9. The number of hydrogen-bond donors (Lipinski definition) is 0. The molecule has 0 spiro atoms. The first kappa shape index (κ1) is 28.9. The van der Waals surface area contributed by atoms with Crippen molar-refractivity contribution >= 4 is 28.7 Å². The van der Waals surface area contributed by atoms with E-state index in [4.69, 9.17) is 0 Å². The molecule has 38 heavy (non-hydrogen) atoms. The number of rotatable bonds is 4. The van der Waals surface area contributed by atoms with Crippen molar-refractivity contribution in [1.82, 2.24) is 0 Å². The minimum absolute atomic E-state index is 0. The van der Waals surface area contributed by atoms with Gasteiger partial charge in [0, 0.05) is 0 Å². The molecule has 0 heterocycles. The average molecular weight is 587 g/mol. The van der Waals surface area contributed by atoms with E-state index in [0.717, 1.165) is 0 Å². The Morgan fingerprint density at radius 1 is 0.500 bits per heavy atom. The van der Waals surface area contributed by atoms with Gasteiger partial charge in [-0.25, -0.2) is 0 Å². The molecule has 2 unspecified atom stereocenters. The van der Waals surface area contributed by atoms with E-state index in [1.807, 2.05) is 0 Å². The van der Waals surface area contributed by atoms with Gasteiger partial charge in [0.15, 0.2) is 0 Å². The van der Waals surface area contributed by atoms with Crippen LogP contribution in [-0.2, 0) is 16.6 Å². The van der Waals surface area contributed by atoms with E-state index < -0.39 is 22.8 Å². The summed E-state index contributed by atoms with van der Waals surface area (Å²) in [7, 11) is 0. The van der Waals surface area contributed by atoms with Gasteiger partial charge in [0.1, 0.15) is 0 Å². The summed E-state index contributed by atoms with van der Waals surface area (Å²) in [5.41, 5.74) is 12.1. The zero-order chi connectivity index (χ0) is 24.8. The van der Waals surface area contributed by atoms with Crippen molar-refractivity contribution in [3.63, 3.8) is 0 Å². The number of benzene rings is 4. The number of halogens is 2. The summed E-state index contributed by atoms with van der Waals surface area (Å²) < 4.78 is 1.13. The first-order chi connectivity index (χ1) is 17.5. The molecular weight excluding hydrogens is 555 g/mol. The first-order valence-corrected chi connectivity index (χ1v) is 18.6. The molecule has 0 bridgehead atoms. The fraction of sp³-hybridized carbons (Fsp3) is 0.176. The van der Waals surface area contributed by atoms with Crippen molar-refractivity contribution in [3.8, 4) is 0 Å². The second-order valence-corrected chi connectivity index (χ2v) is 20.2. The molecule has 4 aromatic carbocycles. The van der Waals surface area contributed by atoms with Crippen LogP contribution in [0.1, 0.15) is 55.7 Å². The minimum Gasteiger partial charge on any atom is -1.00 e. The molecule has 0 saturated carbocycles. The molecular formula is C34H32Cl2SiTi. The van der Waals surface area contributed by atoms with Gasteiger partial charge in [-0.05, 0) is 0 Å². The standard InChI is InChI=1S/C12H10Si.2C11H11.2ClH.Ti/c1-3-7-11(8-4-1)13-12-9-5-2-6-10-12;2*1-8-6-10-5-3-4-9(2)11(10)7-8;;;/h1-10H;2*3-7H,1-2H3;2*1H;/q;;;;;+2/p-2. The van der Waals surface area contributed by atoms with Gasteiger partial charge in [0.05, 0.1) is 0 Å². The molecule has 0 N–H and O–H groups in total. The van der Waals surface area contributed by atoms with Crippen LogP contribution in [0.3, 0.4) is 0 Å². The fourth-order valence-electron chi connectivity index (χ4n) is 6.41. The summed E-state index contributed by atoms with van der Waals surface area (Å²) in [5, 5.41) is 3.15. The summed E-state index contributed by atoms with van der Waals surface area (Å²) in [6.45, 7) is 9.39. The van der Waals surface area contributed by atoms with Crippen LogP contribution in [0.4, 0.5) is 0 Å². The van der Waals surface area contributed by atoms with Crippen molar-refractivity contribution in [1.29, 1.82) is 0 Å². The Morgan fingerprint density at radius 2 is 0.895 bits per heavy atom. The van der Waals surface area contributed by atoms with Crippen molar-refractivity contribution in [2.75, 3.05) is 0 Å². The van der Waals surface area contributed by atoms with E-state index in [1.165, 1.54) is 22.3 Å². The molecule has 2 aliphatic rings. The van der Waals surface area contributed by atoms with Crippen LogP contribution < -0.4 is 35.2 Å². The quantitative estimate of drug-likeness (QED) is 0.317. The summed E-state index contributed by atoms with van der Waals surface area (Å²) in [6.07, 6.45) is 4.04. The predicted octanol–water partition coefficient (Wildman–Crippen LogP) is 1.35. The molecule has 2 atom stereocenters. The van der Waals surface area contributed by atoms with Crippen molar-refractivity contribution in [3.05, 3.63) is 142 Å². The molecule has 190 valence electrons. The maximum Gasteiger partial charge on any atom is -1.00 e. The second-order valence-electron chi connectivity index (χ2n) is 10.4. The van der Waals surface area contributed by atoms with Crippen LogP contribution in [0, 0.1) is 13.8 Å². The zero-order valence-corrected chi connectivity index (χ0v) is 26.4. The van der Waals surface area contributed by atoms with E-state index in [-0.39, 0.29) is 24.8 Å². The van der Waals surface area contributed by atoms with E-state index >= 15 is 0 Å². The van der Waals surface area contributed by atoms with Crippen LogP contribution in [0.15, 0.2) is 108 Å². The summed E-state index contributed by atoms with van der Waals surface area (Å²) in [6, 6.07) is 37.1. The molecule has 0 radical (unpaired) electrons. The second kappa shape index (κ2) is 11.9. The number of hydrogen-bond acceptors (Lipinski definition) is 0. The van der Waals surface area contributed by atoms with Crippen LogP contribution in [-0.4, -0.2) is 6.19 Å². The fourth-order valence-corrected chi connectivity index (χ4v) is 23.7. The van der Waals surface area contributed by atoms with Gasteiger partial charge in [-0.2, -0.15) is 0 Å². The topological polar surface area (TPSA) is 0 Å². The summed E-state index contributed by atoms with van der Waals surface area (Å²) in [5.74, 6) is 0. The van der Waals surface area contributed by atoms with Crippen molar-refractivity contribution in [2.24, 2.45) is 0 Å². The Hall–Kier alpha value is -2.13. The summed E-state index contributed by atoms with van der Waals surface area (Å²) >= 11 is -1.98. The van der Waals surface area contributed by atoms with Gasteiger partial charge in [-0.15, -0.1) is 0 Å². The maximum atomic E-state index is 2.52. The Bertz CT molecular complexity index is 1450. The van der Waals surface area contributed by atoms with Gasteiger partial charge in [-0.3, -0.25) is 0 Å². The van der Waals surface area contributed by atoms with E-state index in [9.17, 15) is 0 Å². The summed E-state index contributed by atoms with van der Waals surface area (Å²) in [4.78, 5) is 0. The van der Waals surface area contributed by atoms with E-state index in [2.05, 4.69) is 137 Å². The maximum absolute atomic E-state index is 2.52. The largest absolute Gasteiger partial charge is 1.00 e. The molecule has 0 nitrogen and oxygen atoms in total. The zero-order valence-electron chi connectivity index (χ0n) is 22.3. The van der Waals surface area contributed by atoms with E-state index in [0.29, 0.717) is 8.45 Å². The average Bonchev–Trinajstić information content (AvgIpc) is 3.41. The molecule has 4 aromatic rings. The van der Waals surface area contributed by atoms with Crippen molar-refractivity contribution in [2.45, 2.75) is 36.1 Å². The molecule has 0 amide bonds. The van der Waals surface area contributed by atoms with Gasteiger partial charge < -0.3 is 24.8 Å². The van der Waals surface area contributed by atoms with E-state index in [1.54, 1.807) is 32.6 Å². The SMILES string of the molecule is CC1=Cc2c(C)cccc2[CH]1[Ti+2]([CH]1C(C)=Cc2c(C)cccc21)=[Si](c1ccccc1)c1ccccc1.[Cl-].[Cl-]. The molecule has 4 heteroatoms. The van der Waals surface area contributed by atoms with Crippen LogP contribution in [0.5, 0.6) is 0 Å². The Kier molecular flexibility index (Phi) is 9.07. The van der Waals surface area contributed by atoms with Crippen LogP contribution in [0.25, 0.3) is 12.2 Å². The minimum atomic E-state index is -1.98. The Morgan fingerprint density at radius 3 is 1.29 bits per heavy atom. The normalized spacial score (nSPS) is 16.6. The third-order valence-corrected chi connectivity index (χ3v) is 22.6. The smallest absolute Gasteiger partial charge is 1.00 e. The van der Waals surface area contributed by atoms with Gasteiger partial charge in [-0.1, -0.05) is 0 Å². The molecule has 6 rings (SSSR count). The van der Waals surface area contributed by atoms with Crippen molar-refractivity contribution < 1.29 is 41.4 Å². The van der Waals surface area contributed by atoms with Crippen LogP contribution in [0.2, 0.25) is 0 Å². The molecule has 0 aromatic heterocycles. The van der Waals surface area contributed by atoms with Gasteiger partial charge >= 0.3 is 223 Å². The molecule has 0 saturated heterocycles. The Balaban J connectivity index is 0.00000168.